The molecule has 5 heteroatoms. The molecule has 3 aromatic rings. The van der Waals surface area contributed by atoms with Crippen LogP contribution in [0.4, 0.5) is 0 Å². The molecule has 0 fully saturated rings. The highest BCUT2D eigenvalue weighted by Gasteiger charge is 2.19. The number of fused-ring (bicyclic) bond motifs is 1. The Labute approximate surface area is 158 Å². The second-order valence-corrected chi connectivity index (χ2v) is 8.85. The Morgan fingerprint density at radius 1 is 1.15 bits per heavy atom. The molecule has 0 radical (unpaired) electrons. The van der Waals surface area contributed by atoms with Crippen LogP contribution < -0.4 is 5.56 Å². The number of thiophene rings is 1. The first-order valence-electron chi connectivity index (χ1n) is 8.84. The lowest BCUT2D eigenvalue weighted by Gasteiger charge is -2.19. The summed E-state index contributed by atoms with van der Waals surface area (Å²) in [5.41, 5.74) is 3.49. The van der Waals surface area contributed by atoms with Gasteiger partial charge in [0.15, 0.2) is 0 Å². The van der Waals surface area contributed by atoms with Gasteiger partial charge in [0.05, 0.1) is 18.5 Å². The molecule has 3 rings (SSSR count). The van der Waals surface area contributed by atoms with Gasteiger partial charge in [-0.2, -0.15) is 0 Å². The normalized spacial score (nSPS) is 12.1. The number of hydrogen-bond donors (Lipinski definition) is 0. The van der Waals surface area contributed by atoms with E-state index in [2.05, 4.69) is 56.9 Å². The standard InChI is InChI=1S/C21H26N2O2S/c1-13-17(15-7-9-16(10-8-15)21(3,4)5)18-19(26-13)22-14(2)23(20(18)24)11-12-25-6/h7-10H,11-12H2,1-6H3. The van der Waals surface area contributed by atoms with E-state index in [1.54, 1.807) is 23.0 Å². The fraction of sp³-hybridized carbons (Fsp3) is 0.429. The highest BCUT2D eigenvalue weighted by molar-refractivity contribution is 7.19. The predicted molar refractivity (Wildman–Crippen MR) is 109 cm³/mol. The second kappa shape index (κ2) is 6.97. The van der Waals surface area contributed by atoms with E-state index in [0.29, 0.717) is 13.2 Å². The maximum absolute atomic E-state index is 13.2. The highest BCUT2D eigenvalue weighted by atomic mass is 32.1. The van der Waals surface area contributed by atoms with Crippen molar-refractivity contribution >= 4 is 21.6 Å². The Morgan fingerprint density at radius 2 is 1.81 bits per heavy atom. The van der Waals surface area contributed by atoms with Crippen LogP contribution >= 0.6 is 11.3 Å². The van der Waals surface area contributed by atoms with E-state index >= 15 is 0 Å². The fourth-order valence-electron chi connectivity index (χ4n) is 3.23. The van der Waals surface area contributed by atoms with Crippen LogP contribution in [0.1, 0.15) is 37.0 Å². The first kappa shape index (κ1) is 18.8. The Kier molecular flexibility index (Phi) is 5.04. The van der Waals surface area contributed by atoms with E-state index in [4.69, 9.17) is 4.74 Å². The number of hydrogen-bond acceptors (Lipinski definition) is 4. The number of rotatable bonds is 4. The van der Waals surface area contributed by atoms with Gasteiger partial charge in [0.25, 0.3) is 5.56 Å². The molecule has 26 heavy (non-hydrogen) atoms. The lowest BCUT2D eigenvalue weighted by molar-refractivity contribution is 0.185. The van der Waals surface area contributed by atoms with Crippen molar-refractivity contribution in [1.29, 1.82) is 0 Å². The van der Waals surface area contributed by atoms with Gasteiger partial charge in [-0.3, -0.25) is 9.36 Å². The topological polar surface area (TPSA) is 44.1 Å². The van der Waals surface area contributed by atoms with Crippen molar-refractivity contribution in [2.45, 2.75) is 46.6 Å². The van der Waals surface area contributed by atoms with Gasteiger partial charge >= 0.3 is 0 Å². The summed E-state index contributed by atoms with van der Waals surface area (Å²) in [5, 5.41) is 0.720. The Morgan fingerprint density at radius 3 is 2.38 bits per heavy atom. The van der Waals surface area contributed by atoms with Gasteiger partial charge in [-0.1, -0.05) is 45.0 Å². The lowest BCUT2D eigenvalue weighted by Crippen LogP contribution is -2.25. The van der Waals surface area contributed by atoms with E-state index in [-0.39, 0.29) is 11.0 Å². The average Bonchev–Trinajstić information content (AvgIpc) is 2.90. The minimum atomic E-state index is 0.0174. The molecule has 0 spiro atoms. The van der Waals surface area contributed by atoms with E-state index in [0.717, 1.165) is 32.0 Å². The smallest absolute Gasteiger partial charge is 0.262 e. The summed E-state index contributed by atoms with van der Waals surface area (Å²) < 4.78 is 6.86. The fourth-order valence-corrected chi connectivity index (χ4v) is 4.31. The molecule has 0 aliphatic carbocycles. The number of aryl methyl sites for hydroxylation is 2. The molecule has 0 aliphatic rings. The average molecular weight is 371 g/mol. The largest absolute Gasteiger partial charge is 0.383 e. The molecule has 0 saturated heterocycles. The molecule has 0 saturated carbocycles. The van der Waals surface area contributed by atoms with Crippen molar-refractivity contribution in [2.75, 3.05) is 13.7 Å². The predicted octanol–water partition coefficient (Wildman–Crippen LogP) is 4.69. The molecular weight excluding hydrogens is 344 g/mol. The molecule has 0 bridgehead atoms. The summed E-state index contributed by atoms with van der Waals surface area (Å²) in [6.45, 7) is 11.6. The molecule has 0 aliphatic heterocycles. The van der Waals surface area contributed by atoms with Gasteiger partial charge < -0.3 is 4.74 Å². The Balaban J connectivity index is 2.20. The van der Waals surface area contributed by atoms with Gasteiger partial charge in [0.2, 0.25) is 0 Å². The van der Waals surface area contributed by atoms with E-state index in [1.165, 1.54) is 5.56 Å². The van der Waals surface area contributed by atoms with Gasteiger partial charge in [0.1, 0.15) is 10.7 Å². The zero-order valence-corrected chi connectivity index (χ0v) is 17.2. The Hall–Kier alpha value is -1.98. The van der Waals surface area contributed by atoms with Gasteiger partial charge in [0, 0.05) is 17.6 Å². The SMILES string of the molecule is COCCn1c(C)nc2sc(C)c(-c3ccc(C(C)(C)C)cc3)c2c1=O. The molecule has 0 amide bonds. The van der Waals surface area contributed by atoms with Crippen LogP contribution in [0.15, 0.2) is 29.1 Å². The Bertz CT molecular complexity index is 992. The summed E-state index contributed by atoms with van der Waals surface area (Å²) >= 11 is 1.59. The summed E-state index contributed by atoms with van der Waals surface area (Å²) in [4.78, 5) is 19.8. The minimum Gasteiger partial charge on any atom is -0.383 e. The van der Waals surface area contributed by atoms with Crippen molar-refractivity contribution in [1.82, 2.24) is 9.55 Å². The molecule has 1 aromatic carbocycles. The number of benzene rings is 1. The van der Waals surface area contributed by atoms with E-state index in [1.807, 2.05) is 6.92 Å². The zero-order valence-electron chi connectivity index (χ0n) is 16.3. The number of methoxy groups -OCH3 is 1. The summed E-state index contributed by atoms with van der Waals surface area (Å²) in [6.07, 6.45) is 0. The van der Waals surface area contributed by atoms with Gasteiger partial charge in [-0.05, 0) is 30.4 Å². The van der Waals surface area contributed by atoms with Gasteiger partial charge in [-0.15, -0.1) is 11.3 Å². The van der Waals surface area contributed by atoms with Crippen molar-refractivity contribution in [3.8, 4) is 11.1 Å². The van der Waals surface area contributed by atoms with Crippen molar-refractivity contribution in [3.63, 3.8) is 0 Å². The second-order valence-electron chi connectivity index (χ2n) is 7.65. The van der Waals surface area contributed by atoms with E-state index in [9.17, 15) is 4.79 Å². The highest BCUT2D eigenvalue weighted by Crippen LogP contribution is 2.36. The lowest BCUT2D eigenvalue weighted by atomic mass is 9.86. The third-order valence-corrected chi connectivity index (χ3v) is 5.74. The number of aromatic nitrogens is 2. The minimum absolute atomic E-state index is 0.0174. The molecule has 138 valence electrons. The number of nitrogens with zero attached hydrogens (tertiary/aromatic N) is 2. The number of ether oxygens (including phenoxy) is 1. The van der Waals surface area contributed by atoms with Gasteiger partial charge in [-0.25, -0.2) is 4.98 Å². The third kappa shape index (κ3) is 3.33. The zero-order chi connectivity index (χ0) is 19.1. The molecule has 0 atom stereocenters. The van der Waals surface area contributed by atoms with E-state index < -0.39 is 0 Å². The van der Waals surface area contributed by atoms with Crippen LogP contribution in [-0.4, -0.2) is 23.3 Å². The molecule has 0 unspecified atom stereocenters. The van der Waals surface area contributed by atoms with Crippen LogP contribution in [0.25, 0.3) is 21.3 Å². The monoisotopic (exact) mass is 370 g/mol. The van der Waals surface area contributed by atoms with Crippen LogP contribution in [0, 0.1) is 13.8 Å². The quantitative estimate of drug-likeness (QED) is 0.669. The van der Waals surface area contributed by atoms with Crippen LogP contribution in [0.3, 0.4) is 0 Å². The van der Waals surface area contributed by atoms with Crippen LogP contribution in [0.2, 0.25) is 0 Å². The summed E-state index contributed by atoms with van der Waals surface area (Å²) in [6, 6.07) is 8.55. The maximum Gasteiger partial charge on any atom is 0.262 e. The maximum atomic E-state index is 13.2. The van der Waals surface area contributed by atoms with Crippen LogP contribution in [0.5, 0.6) is 0 Å². The van der Waals surface area contributed by atoms with Crippen LogP contribution in [-0.2, 0) is 16.7 Å². The molecule has 2 aromatic heterocycles. The molecule has 0 N–H and O–H groups in total. The first-order valence-corrected chi connectivity index (χ1v) is 9.66. The molecular formula is C21H26N2O2S. The summed E-state index contributed by atoms with van der Waals surface area (Å²) in [7, 11) is 1.64. The van der Waals surface area contributed by atoms with Crippen molar-refractivity contribution < 1.29 is 4.74 Å². The molecule has 4 nitrogen and oxygen atoms in total. The third-order valence-electron chi connectivity index (χ3n) is 4.74. The van der Waals surface area contributed by atoms with Crippen molar-refractivity contribution in [3.05, 3.63) is 50.9 Å². The molecule has 2 heterocycles. The van der Waals surface area contributed by atoms with Crippen molar-refractivity contribution in [2.24, 2.45) is 0 Å². The first-order chi connectivity index (χ1) is 12.2. The summed E-state index contributed by atoms with van der Waals surface area (Å²) in [5.74, 6) is 0.732.